The van der Waals surface area contributed by atoms with E-state index < -0.39 is 5.82 Å². The van der Waals surface area contributed by atoms with Crippen molar-refractivity contribution in [2.24, 2.45) is 0 Å². The maximum absolute atomic E-state index is 13.2. The Morgan fingerprint density at radius 3 is 2.58 bits per heavy atom. The summed E-state index contributed by atoms with van der Waals surface area (Å²) in [5, 5.41) is 12.0. The van der Waals surface area contributed by atoms with Crippen LogP contribution in [0.4, 0.5) is 10.1 Å². The second-order valence-corrected chi connectivity index (χ2v) is 4.28. The molecule has 96 valence electrons. The zero-order valence-corrected chi connectivity index (χ0v) is 10.8. The number of nitrogens with one attached hydrogen (secondary N) is 1. The van der Waals surface area contributed by atoms with E-state index >= 15 is 0 Å². The molecule has 0 aromatic heterocycles. The van der Waals surface area contributed by atoms with E-state index in [1.807, 2.05) is 18.2 Å². The van der Waals surface area contributed by atoms with Crippen LogP contribution in [0, 0.1) is 17.1 Å². The number of aryl methyl sites for hydroxylation is 1. The van der Waals surface area contributed by atoms with Gasteiger partial charge in [-0.3, -0.25) is 0 Å². The standard InChI is InChI=1S/C16H15FN2/c1-2-12-5-3-4-6-13(12)11-19-15-7-8-16(17)14(9-15)10-18/h3-9,19H,2,11H2,1H3. The van der Waals surface area contributed by atoms with Crippen molar-refractivity contribution in [1.29, 1.82) is 5.26 Å². The number of anilines is 1. The number of rotatable bonds is 4. The molecule has 0 heterocycles. The van der Waals surface area contributed by atoms with Gasteiger partial charge in [-0.25, -0.2) is 4.39 Å². The van der Waals surface area contributed by atoms with Crippen LogP contribution in [0.3, 0.4) is 0 Å². The third-order valence-corrected chi connectivity index (χ3v) is 3.07. The average molecular weight is 254 g/mol. The van der Waals surface area contributed by atoms with Gasteiger partial charge in [0.25, 0.3) is 0 Å². The molecule has 0 saturated carbocycles. The molecule has 0 amide bonds. The van der Waals surface area contributed by atoms with Crippen LogP contribution < -0.4 is 5.32 Å². The van der Waals surface area contributed by atoms with Gasteiger partial charge in [-0.05, 0) is 35.7 Å². The Bertz CT molecular complexity index is 614. The van der Waals surface area contributed by atoms with E-state index in [1.165, 1.54) is 23.3 Å². The molecule has 0 fully saturated rings. The molecule has 0 aliphatic carbocycles. The highest BCUT2D eigenvalue weighted by Gasteiger charge is 2.03. The van der Waals surface area contributed by atoms with Crippen molar-refractivity contribution in [2.45, 2.75) is 19.9 Å². The highest BCUT2D eigenvalue weighted by atomic mass is 19.1. The second-order valence-electron chi connectivity index (χ2n) is 4.28. The first kappa shape index (κ1) is 13.1. The summed E-state index contributed by atoms with van der Waals surface area (Å²) in [5.74, 6) is -0.484. The molecule has 3 heteroatoms. The number of hydrogen-bond donors (Lipinski definition) is 1. The monoisotopic (exact) mass is 254 g/mol. The van der Waals surface area contributed by atoms with E-state index in [0.717, 1.165) is 12.1 Å². The van der Waals surface area contributed by atoms with Crippen molar-refractivity contribution in [3.8, 4) is 6.07 Å². The number of nitriles is 1. The molecule has 0 bridgehead atoms. The predicted molar refractivity (Wildman–Crippen MR) is 74.3 cm³/mol. The minimum atomic E-state index is -0.484. The minimum absolute atomic E-state index is 0.0637. The highest BCUT2D eigenvalue weighted by molar-refractivity contribution is 5.50. The first-order valence-electron chi connectivity index (χ1n) is 6.25. The molecule has 1 N–H and O–H groups in total. The summed E-state index contributed by atoms with van der Waals surface area (Å²) in [6.07, 6.45) is 0.977. The summed E-state index contributed by atoms with van der Waals surface area (Å²) >= 11 is 0. The Morgan fingerprint density at radius 1 is 1.16 bits per heavy atom. The Morgan fingerprint density at radius 2 is 1.89 bits per heavy atom. The molecule has 0 saturated heterocycles. The lowest BCUT2D eigenvalue weighted by atomic mass is 10.1. The lowest BCUT2D eigenvalue weighted by Crippen LogP contribution is -2.03. The van der Waals surface area contributed by atoms with Crippen LogP contribution in [-0.4, -0.2) is 0 Å². The van der Waals surface area contributed by atoms with E-state index in [1.54, 1.807) is 6.07 Å². The lowest BCUT2D eigenvalue weighted by Gasteiger charge is -2.10. The molecular weight excluding hydrogens is 239 g/mol. The molecule has 0 aliphatic heterocycles. The zero-order valence-electron chi connectivity index (χ0n) is 10.8. The molecule has 0 unspecified atom stereocenters. The fraction of sp³-hybridized carbons (Fsp3) is 0.188. The SMILES string of the molecule is CCc1ccccc1CNc1ccc(F)c(C#N)c1. The molecule has 2 aromatic rings. The fourth-order valence-electron chi connectivity index (χ4n) is 1.99. The maximum atomic E-state index is 13.2. The minimum Gasteiger partial charge on any atom is -0.381 e. The van der Waals surface area contributed by atoms with Gasteiger partial charge in [0.15, 0.2) is 0 Å². The topological polar surface area (TPSA) is 35.8 Å². The number of benzene rings is 2. The van der Waals surface area contributed by atoms with Crippen LogP contribution in [-0.2, 0) is 13.0 Å². The van der Waals surface area contributed by atoms with Gasteiger partial charge >= 0.3 is 0 Å². The Kier molecular flexibility index (Phi) is 4.15. The van der Waals surface area contributed by atoms with Crippen LogP contribution >= 0.6 is 0 Å². The van der Waals surface area contributed by atoms with E-state index in [4.69, 9.17) is 5.26 Å². The van der Waals surface area contributed by atoms with Gasteiger partial charge in [0, 0.05) is 12.2 Å². The van der Waals surface area contributed by atoms with Crippen LogP contribution in [0.5, 0.6) is 0 Å². The third-order valence-electron chi connectivity index (χ3n) is 3.07. The first-order valence-corrected chi connectivity index (χ1v) is 6.25. The largest absolute Gasteiger partial charge is 0.381 e. The molecule has 2 nitrogen and oxygen atoms in total. The summed E-state index contributed by atoms with van der Waals surface area (Å²) in [7, 11) is 0. The predicted octanol–water partition coefficient (Wildman–Crippen LogP) is 3.87. The number of halogens is 1. The third kappa shape index (κ3) is 3.11. The average Bonchev–Trinajstić information content (AvgIpc) is 2.46. The van der Waals surface area contributed by atoms with Gasteiger partial charge in [-0.2, -0.15) is 5.26 Å². The van der Waals surface area contributed by atoms with Gasteiger partial charge in [-0.1, -0.05) is 31.2 Å². The summed E-state index contributed by atoms with van der Waals surface area (Å²) < 4.78 is 13.2. The Hall–Kier alpha value is -2.34. The van der Waals surface area contributed by atoms with E-state index in [9.17, 15) is 4.39 Å². The summed E-state index contributed by atoms with van der Waals surface area (Å²) in [6.45, 7) is 2.78. The molecule has 0 radical (unpaired) electrons. The number of nitrogens with zero attached hydrogens (tertiary/aromatic N) is 1. The van der Waals surface area contributed by atoms with Crippen molar-refractivity contribution < 1.29 is 4.39 Å². The fourth-order valence-corrected chi connectivity index (χ4v) is 1.99. The molecule has 2 rings (SSSR count). The van der Waals surface area contributed by atoms with E-state index in [0.29, 0.717) is 6.54 Å². The molecule has 2 aromatic carbocycles. The zero-order chi connectivity index (χ0) is 13.7. The van der Waals surface area contributed by atoms with Crippen LogP contribution in [0.2, 0.25) is 0 Å². The Labute approximate surface area is 112 Å². The summed E-state index contributed by atoms with van der Waals surface area (Å²) in [4.78, 5) is 0. The molecule has 0 spiro atoms. The first-order chi connectivity index (χ1) is 9.24. The Balaban J connectivity index is 2.13. The molecule has 0 aliphatic rings. The van der Waals surface area contributed by atoms with Crippen molar-refractivity contribution in [3.63, 3.8) is 0 Å². The van der Waals surface area contributed by atoms with Gasteiger partial charge < -0.3 is 5.32 Å². The highest BCUT2D eigenvalue weighted by Crippen LogP contribution is 2.16. The van der Waals surface area contributed by atoms with Crippen molar-refractivity contribution in [1.82, 2.24) is 0 Å². The lowest BCUT2D eigenvalue weighted by molar-refractivity contribution is 0.624. The number of hydrogen-bond acceptors (Lipinski definition) is 2. The van der Waals surface area contributed by atoms with Crippen molar-refractivity contribution >= 4 is 5.69 Å². The maximum Gasteiger partial charge on any atom is 0.141 e. The van der Waals surface area contributed by atoms with Crippen molar-refractivity contribution in [2.75, 3.05) is 5.32 Å². The molecule has 19 heavy (non-hydrogen) atoms. The molecular formula is C16H15FN2. The van der Waals surface area contributed by atoms with Gasteiger partial charge in [0.1, 0.15) is 11.9 Å². The smallest absolute Gasteiger partial charge is 0.141 e. The van der Waals surface area contributed by atoms with Gasteiger partial charge in [0.2, 0.25) is 0 Å². The summed E-state index contributed by atoms with van der Waals surface area (Å²) in [6, 6.07) is 14.5. The van der Waals surface area contributed by atoms with E-state index in [-0.39, 0.29) is 5.56 Å². The van der Waals surface area contributed by atoms with Gasteiger partial charge in [-0.15, -0.1) is 0 Å². The quantitative estimate of drug-likeness (QED) is 0.899. The summed E-state index contributed by atoms with van der Waals surface area (Å²) in [5.41, 5.74) is 3.32. The van der Waals surface area contributed by atoms with Crippen LogP contribution in [0.25, 0.3) is 0 Å². The molecule has 0 atom stereocenters. The van der Waals surface area contributed by atoms with Crippen LogP contribution in [0.1, 0.15) is 23.6 Å². The second kappa shape index (κ2) is 6.01. The van der Waals surface area contributed by atoms with Gasteiger partial charge in [0.05, 0.1) is 5.56 Å². The normalized spacial score (nSPS) is 9.95. The van der Waals surface area contributed by atoms with E-state index in [2.05, 4.69) is 24.4 Å². The van der Waals surface area contributed by atoms with Crippen LogP contribution in [0.15, 0.2) is 42.5 Å². The van der Waals surface area contributed by atoms with Crippen molar-refractivity contribution in [3.05, 3.63) is 65.0 Å².